The van der Waals surface area contributed by atoms with Crippen LogP contribution in [0, 0.1) is 0 Å². The number of carboxylic acids is 1. The Bertz CT molecular complexity index is 2110. The quantitative estimate of drug-likeness (QED) is 0.0228. The van der Waals surface area contributed by atoms with Gasteiger partial charge in [0.15, 0.2) is 24.6 Å². The minimum Gasteiger partial charge on any atom is -0.479 e. The third-order valence-corrected chi connectivity index (χ3v) is 12.0. The van der Waals surface area contributed by atoms with E-state index < -0.39 is 73.9 Å². The van der Waals surface area contributed by atoms with E-state index in [9.17, 15) is 34.5 Å². The number of aliphatic carboxylic acids is 1. The molecule has 0 bridgehead atoms. The number of ether oxygens (including phenoxy) is 5. The van der Waals surface area contributed by atoms with Crippen LogP contribution in [0.2, 0.25) is 0 Å². The number of carbonyl (C=O) groups is 4. The molecule has 6 atom stereocenters. The van der Waals surface area contributed by atoms with Crippen molar-refractivity contribution >= 4 is 23.9 Å². The van der Waals surface area contributed by atoms with Crippen molar-refractivity contribution in [3.8, 4) is 0 Å². The van der Waals surface area contributed by atoms with Gasteiger partial charge in [-0.3, -0.25) is 14.4 Å². The molecule has 1 fully saturated rings. The van der Waals surface area contributed by atoms with Crippen molar-refractivity contribution in [2.75, 3.05) is 13.2 Å². The van der Waals surface area contributed by atoms with E-state index in [1.54, 1.807) is 6.08 Å². The van der Waals surface area contributed by atoms with Crippen molar-refractivity contribution < 1.29 is 58.2 Å². The third-order valence-electron chi connectivity index (χ3n) is 12.0. The van der Waals surface area contributed by atoms with E-state index in [2.05, 4.69) is 167 Å². The monoisotopic (exact) mass is 1120 g/mol. The Morgan fingerprint density at radius 3 is 1.22 bits per heavy atom. The van der Waals surface area contributed by atoms with Crippen molar-refractivity contribution in [2.24, 2.45) is 0 Å². The van der Waals surface area contributed by atoms with Crippen molar-refractivity contribution in [3.63, 3.8) is 0 Å². The van der Waals surface area contributed by atoms with Crippen LogP contribution in [-0.2, 0) is 42.9 Å². The van der Waals surface area contributed by atoms with Gasteiger partial charge in [-0.25, -0.2) is 4.79 Å². The van der Waals surface area contributed by atoms with Crippen LogP contribution >= 0.6 is 0 Å². The van der Waals surface area contributed by atoms with E-state index in [1.807, 2.05) is 30.4 Å². The van der Waals surface area contributed by atoms with Gasteiger partial charge in [0.2, 0.25) is 0 Å². The van der Waals surface area contributed by atoms with E-state index >= 15 is 0 Å². The van der Waals surface area contributed by atoms with E-state index in [-0.39, 0.29) is 19.3 Å². The molecule has 12 heteroatoms. The number of esters is 3. The Labute approximate surface area is 487 Å². The highest BCUT2D eigenvalue weighted by atomic mass is 16.7. The van der Waals surface area contributed by atoms with Gasteiger partial charge in [-0.15, -0.1) is 0 Å². The summed E-state index contributed by atoms with van der Waals surface area (Å²) >= 11 is 0. The van der Waals surface area contributed by atoms with Crippen LogP contribution in [0.4, 0.5) is 0 Å². The molecule has 3 N–H and O–H groups in total. The van der Waals surface area contributed by atoms with Crippen LogP contribution in [0.1, 0.15) is 175 Å². The molecular formula is C69H100O12. The van der Waals surface area contributed by atoms with Gasteiger partial charge in [-0.2, -0.15) is 0 Å². The fraction of sp³-hybridized carbons (Fsp3) is 0.507. The van der Waals surface area contributed by atoms with E-state index in [4.69, 9.17) is 23.7 Å². The molecule has 1 aliphatic heterocycles. The van der Waals surface area contributed by atoms with Gasteiger partial charge in [0.05, 0.1) is 13.0 Å². The molecule has 1 rings (SSSR count). The SMILES string of the molecule is CC/C=C\C/C=C\C/C=C\C/C=C\C/C=C\C/C=C\CCC(=O)OCC(COC1OC(C(=O)O)C(O)C(O)C1OC(=O)CCCCCC/C=C\C/C=C\C/C=C\C/C=C\CC)OC(=O)C/C=C\C/C=C\C/C=C\C/C=C\C/C=C\CC. The number of hydrogen-bond acceptors (Lipinski definition) is 11. The lowest BCUT2D eigenvalue weighted by atomic mass is 9.98. The predicted octanol–water partition coefficient (Wildman–Crippen LogP) is 15.7. The van der Waals surface area contributed by atoms with Gasteiger partial charge in [-0.05, 0) is 122 Å². The van der Waals surface area contributed by atoms with Gasteiger partial charge >= 0.3 is 23.9 Å². The molecule has 0 saturated carbocycles. The Morgan fingerprint density at radius 2 is 0.802 bits per heavy atom. The van der Waals surface area contributed by atoms with E-state index in [0.717, 1.165) is 109 Å². The minimum absolute atomic E-state index is 0.00290. The van der Waals surface area contributed by atoms with Crippen molar-refractivity contribution in [2.45, 2.75) is 212 Å². The first-order valence-corrected chi connectivity index (χ1v) is 29.8. The lowest BCUT2D eigenvalue weighted by Gasteiger charge is -2.40. The number of carbonyl (C=O) groups excluding carboxylic acids is 3. The zero-order chi connectivity index (χ0) is 58.9. The molecule has 1 saturated heterocycles. The van der Waals surface area contributed by atoms with Crippen LogP contribution in [0.15, 0.2) is 182 Å². The number of carboxylic acid groups (broad SMARTS) is 1. The summed E-state index contributed by atoms with van der Waals surface area (Å²) in [5.41, 5.74) is 0. The van der Waals surface area contributed by atoms with Gasteiger partial charge in [0.25, 0.3) is 0 Å². The van der Waals surface area contributed by atoms with Gasteiger partial charge in [0.1, 0.15) is 18.8 Å². The van der Waals surface area contributed by atoms with Crippen LogP contribution in [0.25, 0.3) is 0 Å². The largest absolute Gasteiger partial charge is 0.479 e. The summed E-state index contributed by atoms with van der Waals surface area (Å²) in [5, 5.41) is 31.5. The average Bonchev–Trinajstić information content (AvgIpc) is 3.53. The van der Waals surface area contributed by atoms with Gasteiger partial charge < -0.3 is 39.0 Å². The second-order valence-electron chi connectivity index (χ2n) is 19.1. The summed E-state index contributed by atoms with van der Waals surface area (Å²) in [6, 6.07) is 0. The van der Waals surface area contributed by atoms with Crippen molar-refractivity contribution in [1.82, 2.24) is 0 Å². The number of aliphatic hydroxyl groups is 2. The maximum atomic E-state index is 13.1. The first-order chi connectivity index (χ1) is 39.6. The molecule has 6 unspecified atom stereocenters. The molecule has 0 aromatic heterocycles. The Balaban J connectivity index is 2.82. The lowest BCUT2D eigenvalue weighted by Crippen LogP contribution is -2.61. The molecule has 1 heterocycles. The summed E-state index contributed by atoms with van der Waals surface area (Å²) in [5.74, 6) is -3.47. The van der Waals surface area contributed by atoms with Crippen LogP contribution in [-0.4, -0.2) is 89.2 Å². The normalized spacial score (nSPS) is 19.0. The smallest absolute Gasteiger partial charge is 0.335 e. The highest BCUT2D eigenvalue weighted by Gasteiger charge is 2.50. The fourth-order valence-electron chi connectivity index (χ4n) is 7.58. The zero-order valence-electron chi connectivity index (χ0n) is 49.2. The van der Waals surface area contributed by atoms with Gasteiger partial charge in [-0.1, -0.05) is 216 Å². The fourth-order valence-corrected chi connectivity index (χ4v) is 7.58. The summed E-state index contributed by atoms with van der Waals surface area (Å²) < 4.78 is 28.2. The topological polar surface area (TPSA) is 175 Å². The highest BCUT2D eigenvalue weighted by Crippen LogP contribution is 2.26. The van der Waals surface area contributed by atoms with Gasteiger partial charge in [0, 0.05) is 12.8 Å². The van der Waals surface area contributed by atoms with Crippen LogP contribution in [0.5, 0.6) is 0 Å². The molecule has 0 amide bonds. The first-order valence-electron chi connectivity index (χ1n) is 29.8. The summed E-state index contributed by atoms with van der Waals surface area (Å²) in [6.45, 7) is 5.46. The van der Waals surface area contributed by atoms with Crippen molar-refractivity contribution in [1.29, 1.82) is 0 Å². The van der Waals surface area contributed by atoms with E-state index in [1.165, 1.54) is 0 Å². The molecule has 12 nitrogen and oxygen atoms in total. The maximum Gasteiger partial charge on any atom is 0.335 e. The molecule has 81 heavy (non-hydrogen) atoms. The first kappa shape index (κ1) is 72.8. The Morgan fingerprint density at radius 1 is 0.420 bits per heavy atom. The molecule has 448 valence electrons. The number of allylic oxidation sites excluding steroid dienone is 29. The minimum atomic E-state index is -1.95. The molecule has 0 spiro atoms. The Hall–Kier alpha value is -6.18. The highest BCUT2D eigenvalue weighted by molar-refractivity contribution is 5.74. The summed E-state index contributed by atoms with van der Waals surface area (Å²) in [4.78, 5) is 51.1. The summed E-state index contributed by atoms with van der Waals surface area (Å²) in [6.07, 6.45) is 70.4. The second-order valence-corrected chi connectivity index (χ2v) is 19.1. The maximum absolute atomic E-state index is 13.1. The lowest BCUT2D eigenvalue weighted by molar-refractivity contribution is -0.301. The van der Waals surface area contributed by atoms with E-state index in [0.29, 0.717) is 25.7 Å². The number of aliphatic hydroxyl groups excluding tert-OH is 2. The molecule has 0 aromatic rings. The second kappa shape index (κ2) is 54.4. The molecule has 0 aliphatic carbocycles. The zero-order valence-corrected chi connectivity index (χ0v) is 49.2. The van der Waals surface area contributed by atoms with Crippen molar-refractivity contribution in [3.05, 3.63) is 182 Å². The molecule has 1 aliphatic rings. The Kier molecular flexibility index (Phi) is 48.9. The number of hydrogen-bond donors (Lipinski definition) is 3. The third kappa shape index (κ3) is 44.2. The van der Waals surface area contributed by atoms with Crippen LogP contribution < -0.4 is 0 Å². The standard InChI is InChI=1S/C69H100O12/c1-4-7-10-13-16-19-22-25-28-30-31-33-35-37-40-43-46-49-52-55-61(70)77-58-60(79-62(71)56-53-50-47-44-41-38-34-27-24-21-18-15-12-9-6-3)59-78-69-67(65(74)64(73)66(81-69)68(75)76)80-63(72)57-54-51-48-45-42-39-36-32-29-26-23-20-17-14-11-8-5-2/h7-12,16-21,25-29,31,33-34,36-37,39-41,44,46,49-50,53,60,64-67,69,73-74H,4-6,13-15,22-24,30,32,35,38,42-43,45,47-48,51-52,54-59H2,1-3H3,(H,75,76)/b10-7-,11-8-,12-9-,19-16-,20-17-,21-18-,28-25-,29-26-,33-31-,34-27-,39-36-,40-37-,44-41-,49-46-,53-50-. The number of unbranched alkanes of at least 4 members (excludes halogenated alkanes) is 4. The molecular weight excluding hydrogens is 1020 g/mol. The molecule has 0 aromatic carbocycles. The predicted molar refractivity (Wildman–Crippen MR) is 330 cm³/mol. The molecule has 0 radical (unpaired) electrons. The summed E-state index contributed by atoms with van der Waals surface area (Å²) in [7, 11) is 0. The van der Waals surface area contributed by atoms with Crippen LogP contribution in [0.3, 0.4) is 0 Å². The number of rotatable bonds is 47. The average molecular weight is 1120 g/mol.